The fraction of sp³-hybridized carbons (Fsp3) is 0.148. The topological polar surface area (TPSA) is 97.0 Å². The van der Waals surface area contributed by atoms with E-state index in [1.807, 2.05) is 6.92 Å². The van der Waals surface area contributed by atoms with E-state index in [4.69, 9.17) is 32.7 Å². The highest BCUT2D eigenvalue weighted by Gasteiger charge is 2.35. The van der Waals surface area contributed by atoms with Gasteiger partial charge >= 0.3 is 6.03 Å². The molecule has 38 heavy (non-hydrogen) atoms. The van der Waals surface area contributed by atoms with Crippen LogP contribution in [0.25, 0.3) is 6.08 Å². The molecule has 4 amide bonds. The van der Waals surface area contributed by atoms with Crippen LogP contribution in [0.3, 0.4) is 0 Å². The summed E-state index contributed by atoms with van der Waals surface area (Å²) in [6.07, 6.45) is 1.46. The predicted molar refractivity (Wildman–Crippen MR) is 142 cm³/mol. The summed E-state index contributed by atoms with van der Waals surface area (Å²) >= 11 is 12.0. The largest absolute Gasteiger partial charge is 0.490 e. The molecule has 2 N–H and O–H groups in total. The number of nitrogens with zero attached hydrogens (tertiary/aromatic N) is 1. The first-order valence-electron chi connectivity index (χ1n) is 11.5. The molecule has 3 aromatic rings. The lowest BCUT2D eigenvalue weighted by Gasteiger charge is -2.13. The van der Waals surface area contributed by atoms with Gasteiger partial charge in [0.25, 0.3) is 5.91 Å². The number of ether oxygens (including phenoxy) is 2. The van der Waals surface area contributed by atoms with E-state index in [9.17, 15) is 18.8 Å². The number of benzene rings is 3. The molecule has 0 atom stereocenters. The van der Waals surface area contributed by atoms with Crippen LogP contribution in [0, 0.1) is 5.82 Å². The maximum absolute atomic E-state index is 13.8. The molecule has 4 rings (SSSR count). The molecule has 0 bridgehead atoms. The number of hydrogen-bond donors (Lipinski definition) is 2. The summed E-state index contributed by atoms with van der Waals surface area (Å²) in [6.45, 7) is 1.82. The van der Waals surface area contributed by atoms with Crippen molar-refractivity contribution in [3.63, 3.8) is 0 Å². The number of amides is 4. The van der Waals surface area contributed by atoms with Gasteiger partial charge in [-0.15, -0.1) is 0 Å². The molecule has 1 fully saturated rings. The minimum atomic E-state index is -0.767. The molecule has 11 heteroatoms. The van der Waals surface area contributed by atoms with Crippen molar-refractivity contribution in [1.29, 1.82) is 0 Å². The summed E-state index contributed by atoms with van der Waals surface area (Å²) in [5.41, 5.74) is 1.29. The Labute approximate surface area is 227 Å². The Bertz CT molecular complexity index is 1430. The molecule has 0 spiro atoms. The molecule has 0 saturated carbocycles. The molecule has 1 heterocycles. The molecule has 0 radical (unpaired) electrons. The van der Waals surface area contributed by atoms with Gasteiger partial charge in [-0.25, -0.2) is 14.1 Å². The number of hydrogen-bond acceptors (Lipinski definition) is 5. The highest BCUT2D eigenvalue weighted by atomic mass is 35.5. The number of nitrogens with one attached hydrogen (secondary N) is 2. The monoisotopic (exact) mass is 557 g/mol. The number of carbonyl (C=O) groups excluding carboxylic acids is 3. The van der Waals surface area contributed by atoms with Gasteiger partial charge in [-0.1, -0.05) is 47.5 Å². The first-order chi connectivity index (χ1) is 18.2. The summed E-state index contributed by atoms with van der Waals surface area (Å²) < 4.78 is 25.4. The van der Waals surface area contributed by atoms with E-state index in [1.165, 1.54) is 24.3 Å². The standard InChI is InChI=1S/C27H22Cl2FN3O5/c1-2-37-24-13-16(8-10-23(24)38-15-17-7-9-18(28)19(29)11-17)12-22-26(35)33(27(36)32-22)14-25(34)31-21-6-4-3-5-20(21)30/h3-13H,2,14-15H2,1H3,(H,31,34)(H,32,36)/b22-12+. The van der Waals surface area contributed by atoms with E-state index in [1.54, 1.807) is 42.5 Å². The molecule has 3 aromatic carbocycles. The maximum atomic E-state index is 13.8. The second kappa shape index (κ2) is 12.0. The van der Waals surface area contributed by atoms with Gasteiger partial charge in [0.05, 0.1) is 22.3 Å². The molecule has 0 aromatic heterocycles. The van der Waals surface area contributed by atoms with Crippen LogP contribution in [-0.4, -0.2) is 35.9 Å². The Balaban J connectivity index is 1.45. The third-order valence-electron chi connectivity index (χ3n) is 5.37. The van der Waals surface area contributed by atoms with Gasteiger partial charge in [0.1, 0.15) is 24.7 Å². The zero-order valence-electron chi connectivity index (χ0n) is 20.1. The van der Waals surface area contributed by atoms with Crippen LogP contribution >= 0.6 is 23.2 Å². The van der Waals surface area contributed by atoms with Gasteiger partial charge < -0.3 is 20.1 Å². The van der Waals surface area contributed by atoms with Gasteiger partial charge in [-0.2, -0.15) is 0 Å². The summed E-state index contributed by atoms with van der Waals surface area (Å²) in [6, 6.07) is 15.0. The lowest BCUT2D eigenvalue weighted by molar-refractivity contribution is -0.127. The molecule has 196 valence electrons. The van der Waals surface area contributed by atoms with Crippen molar-refractivity contribution in [2.24, 2.45) is 0 Å². The van der Waals surface area contributed by atoms with Crippen molar-refractivity contribution in [2.45, 2.75) is 13.5 Å². The quantitative estimate of drug-likeness (QED) is 0.262. The number of rotatable bonds is 9. The normalized spacial score (nSPS) is 14.0. The molecule has 1 aliphatic rings. The van der Waals surface area contributed by atoms with Gasteiger partial charge in [-0.05, 0) is 60.5 Å². The number of urea groups is 1. The van der Waals surface area contributed by atoms with E-state index < -0.39 is 30.2 Å². The molecule has 0 aliphatic carbocycles. The average molecular weight is 558 g/mol. The smallest absolute Gasteiger partial charge is 0.329 e. The average Bonchev–Trinajstić information content (AvgIpc) is 3.14. The van der Waals surface area contributed by atoms with Crippen molar-refractivity contribution in [1.82, 2.24) is 10.2 Å². The third-order valence-corrected chi connectivity index (χ3v) is 6.11. The van der Waals surface area contributed by atoms with Crippen LogP contribution in [0.4, 0.5) is 14.9 Å². The van der Waals surface area contributed by atoms with E-state index >= 15 is 0 Å². The fourth-order valence-corrected chi connectivity index (χ4v) is 3.89. The zero-order chi connectivity index (χ0) is 27.2. The Kier molecular flexibility index (Phi) is 8.50. The highest BCUT2D eigenvalue weighted by Crippen LogP contribution is 2.31. The predicted octanol–water partition coefficient (Wildman–Crippen LogP) is 5.64. The minimum Gasteiger partial charge on any atom is -0.490 e. The first-order valence-corrected chi connectivity index (χ1v) is 12.2. The van der Waals surface area contributed by atoms with E-state index in [0.29, 0.717) is 33.7 Å². The first kappa shape index (κ1) is 27.0. The molecule has 0 unspecified atom stereocenters. The van der Waals surface area contributed by atoms with Gasteiger partial charge in [0.2, 0.25) is 5.91 Å². The second-order valence-corrected chi connectivity index (χ2v) is 8.90. The van der Waals surface area contributed by atoms with Gasteiger partial charge in [-0.3, -0.25) is 9.59 Å². The van der Waals surface area contributed by atoms with Crippen molar-refractivity contribution in [2.75, 3.05) is 18.5 Å². The number of imide groups is 1. The molecule has 1 saturated heterocycles. The number of carbonyl (C=O) groups is 3. The van der Waals surface area contributed by atoms with Crippen molar-refractivity contribution >= 4 is 52.8 Å². The molecule has 1 aliphatic heterocycles. The molecule has 8 nitrogen and oxygen atoms in total. The summed E-state index contributed by atoms with van der Waals surface area (Å²) in [5.74, 6) is -1.15. The zero-order valence-corrected chi connectivity index (χ0v) is 21.6. The van der Waals surface area contributed by atoms with Gasteiger partial charge in [0, 0.05) is 0 Å². The lowest BCUT2D eigenvalue weighted by atomic mass is 10.1. The summed E-state index contributed by atoms with van der Waals surface area (Å²) in [5, 5.41) is 5.67. The highest BCUT2D eigenvalue weighted by molar-refractivity contribution is 6.42. The van der Waals surface area contributed by atoms with Crippen LogP contribution in [-0.2, 0) is 16.2 Å². The van der Waals surface area contributed by atoms with Crippen molar-refractivity contribution in [3.8, 4) is 11.5 Å². The van der Waals surface area contributed by atoms with Crippen LogP contribution in [0.15, 0.2) is 66.4 Å². The maximum Gasteiger partial charge on any atom is 0.329 e. The summed E-state index contributed by atoms with van der Waals surface area (Å²) in [7, 11) is 0. The van der Waals surface area contributed by atoms with E-state index in [0.717, 1.165) is 10.5 Å². The Hall–Kier alpha value is -4.08. The Morgan fingerprint density at radius 2 is 1.82 bits per heavy atom. The number of halogens is 3. The Morgan fingerprint density at radius 1 is 1.03 bits per heavy atom. The second-order valence-electron chi connectivity index (χ2n) is 8.08. The van der Waals surface area contributed by atoms with Crippen LogP contribution in [0.1, 0.15) is 18.1 Å². The SMILES string of the molecule is CCOc1cc(/C=C2/NC(=O)N(CC(=O)Nc3ccccc3F)C2=O)ccc1OCc1ccc(Cl)c(Cl)c1. The minimum absolute atomic E-state index is 0.0272. The number of anilines is 1. The van der Waals surface area contributed by atoms with E-state index in [2.05, 4.69) is 10.6 Å². The molecular formula is C27H22Cl2FN3O5. The van der Waals surface area contributed by atoms with Crippen molar-refractivity contribution in [3.05, 3.63) is 93.4 Å². The van der Waals surface area contributed by atoms with Crippen LogP contribution < -0.4 is 20.1 Å². The Morgan fingerprint density at radius 3 is 2.55 bits per heavy atom. The van der Waals surface area contributed by atoms with E-state index in [-0.39, 0.29) is 18.0 Å². The van der Waals surface area contributed by atoms with Gasteiger partial charge in [0.15, 0.2) is 11.5 Å². The third kappa shape index (κ3) is 6.42. The number of para-hydroxylation sites is 1. The molecular weight excluding hydrogens is 536 g/mol. The van der Waals surface area contributed by atoms with Crippen LogP contribution in [0.2, 0.25) is 10.0 Å². The summed E-state index contributed by atoms with van der Waals surface area (Å²) in [4.78, 5) is 38.2. The van der Waals surface area contributed by atoms with Crippen molar-refractivity contribution < 1.29 is 28.2 Å². The van der Waals surface area contributed by atoms with Crippen LogP contribution in [0.5, 0.6) is 11.5 Å². The lowest BCUT2D eigenvalue weighted by Crippen LogP contribution is -2.38. The fourth-order valence-electron chi connectivity index (χ4n) is 3.57.